The molecule has 1 heterocycles. The molecular formula is C10H12N2O2. The van der Waals surface area contributed by atoms with Gasteiger partial charge >= 0.3 is 0 Å². The third-order valence-corrected chi connectivity index (χ3v) is 1.91. The van der Waals surface area contributed by atoms with Gasteiger partial charge in [-0.15, -0.1) is 0 Å². The number of nitrogens with one attached hydrogen (secondary N) is 1. The molecule has 0 radical (unpaired) electrons. The van der Waals surface area contributed by atoms with Gasteiger partial charge in [0.1, 0.15) is 6.29 Å². The predicted molar refractivity (Wildman–Crippen MR) is 51.6 cm³/mol. The first kappa shape index (κ1) is 10.4. The molecule has 0 aliphatic carbocycles. The molecule has 0 saturated carbocycles. The highest BCUT2D eigenvalue weighted by molar-refractivity contribution is 5.63. The van der Waals surface area contributed by atoms with E-state index in [1.165, 1.54) is 0 Å². The molecule has 1 atom stereocenters. The van der Waals surface area contributed by atoms with Crippen LogP contribution < -0.4 is 5.32 Å². The standard InChI is InChI=1S/C10H12N2O2/c13-7-10(12-8-14)4-3-9-2-1-5-11-6-9/h1-2,5-8,10H,3-4H2,(H,12,14). The minimum absolute atomic E-state index is 0.396. The van der Waals surface area contributed by atoms with Gasteiger partial charge in [-0.1, -0.05) is 6.07 Å². The van der Waals surface area contributed by atoms with Crippen LogP contribution in [0, 0.1) is 0 Å². The Hall–Kier alpha value is -1.71. The van der Waals surface area contributed by atoms with E-state index in [4.69, 9.17) is 0 Å². The second-order valence-electron chi connectivity index (χ2n) is 2.93. The number of hydrogen-bond acceptors (Lipinski definition) is 3. The van der Waals surface area contributed by atoms with E-state index >= 15 is 0 Å². The maximum absolute atomic E-state index is 10.5. The largest absolute Gasteiger partial charge is 0.349 e. The number of carbonyl (C=O) groups is 2. The van der Waals surface area contributed by atoms with Crippen LogP contribution >= 0.6 is 0 Å². The van der Waals surface area contributed by atoms with Crippen molar-refractivity contribution in [3.05, 3.63) is 30.1 Å². The third-order valence-electron chi connectivity index (χ3n) is 1.91. The Bertz CT molecular complexity index is 287. The number of hydrogen-bond donors (Lipinski definition) is 1. The number of aryl methyl sites for hydroxylation is 1. The van der Waals surface area contributed by atoms with Gasteiger partial charge in [0.15, 0.2) is 0 Å². The van der Waals surface area contributed by atoms with Gasteiger partial charge in [0.2, 0.25) is 6.41 Å². The van der Waals surface area contributed by atoms with Crippen molar-refractivity contribution in [1.29, 1.82) is 0 Å². The molecule has 0 aromatic carbocycles. The molecule has 74 valence electrons. The van der Waals surface area contributed by atoms with Gasteiger partial charge in [-0.25, -0.2) is 0 Å². The van der Waals surface area contributed by atoms with Gasteiger partial charge in [0.25, 0.3) is 0 Å². The summed E-state index contributed by atoms with van der Waals surface area (Å²) in [5.41, 5.74) is 1.06. The lowest BCUT2D eigenvalue weighted by Gasteiger charge is -2.07. The minimum atomic E-state index is -0.396. The Morgan fingerprint density at radius 2 is 2.36 bits per heavy atom. The van der Waals surface area contributed by atoms with Crippen LogP contribution in [-0.2, 0) is 16.0 Å². The summed E-state index contributed by atoms with van der Waals surface area (Å²) in [7, 11) is 0. The topological polar surface area (TPSA) is 59.1 Å². The third kappa shape index (κ3) is 3.35. The highest BCUT2D eigenvalue weighted by Gasteiger charge is 2.04. The monoisotopic (exact) mass is 192 g/mol. The number of carbonyl (C=O) groups excluding carboxylic acids is 2. The van der Waals surface area contributed by atoms with E-state index in [-0.39, 0.29) is 0 Å². The van der Waals surface area contributed by atoms with Crippen LogP contribution in [0.3, 0.4) is 0 Å². The molecule has 1 aromatic heterocycles. The fraction of sp³-hybridized carbons (Fsp3) is 0.300. The lowest BCUT2D eigenvalue weighted by Crippen LogP contribution is -2.29. The lowest BCUT2D eigenvalue weighted by atomic mass is 10.1. The maximum atomic E-state index is 10.5. The van der Waals surface area contributed by atoms with Crippen LogP contribution in [0.1, 0.15) is 12.0 Å². The summed E-state index contributed by atoms with van der Waals surface area (Å²) < 4.78 is 0. The molecular weight excluding hydrogens is 180 g/mol. The molecule has 14 heavy (non-hydrogen) atoms. The van der Waals surface area contributed by atoms with Crippen molar-refractivity contribution in [2.45, 2.75) is 18.9 Å². The molecule has 0 aliphatic heterocycles. The second kappa shape index (κ2) is 5.85. The van der Waals surface area contributed by atoms with E-state index in [1.54, 1.807) is 12.4 Å². The summed E-state index contributed by atoms with van der Waals surface area (Å²) in [6.07, 6.45) is 6.08. The normalized spacial score (nSPS) is 11.7. The molecule has 4 heteroatoms. The summed E-state index contributed by atoms with van der Waals surface area (Å²) in [5, 5.41) is 2.43. The van der Waals surface area contributed by atoms with E-state index in [0.717, 1.165) is 18.3 Å². The van der Waals surface area contributed by atoms with Crippen molar-refractivity contribution >= 4 is 12.7 Å². The number of nitrogens with zero attached hydrogens (tertiary/aromatic N) is 1. The van der Waals surface area contributed by atoms with Crippen molar-refractivity contribution in [2.75, 3.05) is 0 Å². The average Bonchev–Trinajstić information content (AvgIpc) is 2.25. The van der Waals surface area contributed by atoms with Crippen LogP contribution in [-0.4, -0.2) is 23.7 Å². The molecule has 0 spiro atoms. The molecule has 1 N–H and O–H groups in total. The van der Waals surface area contributed by atoms with E-state index in [1.807, 2.05) is 12.1 Å². The zero-order valence-corrected chi connectivity index (χ0v) is 7.72. The number of pyridine rings is 1. The van der Waals surface area contributed by atoms with Gasteiger partial charge in [-0.3, -0.25) is 9.78 Å². The Balaban J connectivity index is 2.39. The van der Waals surface area contributed by atoms with Crippen LogP contribution in [0.25, 0.3) is 0 Å². The molecule has 1 aromatic rings. The fourth-order valence-electron chi connectivity index (χ4n) is 1.15. The summed E-state index contributed by atoms with van der Waals surface area (Å²) in [6.45, 7) is 0. The first-order valence-electron chi connectivity index (χ1n) is 4.40. The minimum Gasteiger partial charge on any atom is -0.349 e. The van der Waals surface area contributed by atoms with E-state index in [0.29, 0.717) is 12.8 Å². The molecule has 1 unspecified atom stereocenters. The molecule has 0 fully saturated rings. The van der Waals surface area contributed by atoms with E-state index < -0.39 is 6.04 Å². The van der Waals surface area contributed by atoms with Crippen molar-refractivity contribution in [3.8, 4) is 0 Å². The second-order valence-corrected chi connectivity index (χ2v) is 2.93. The quantitative estimate of drug-likeness (QED) is 0.661. The van der Waals surface area contributed by atoms with Crippen LogP contribution in [0.5, 0.6) is 0 Å². The smallest absolute Gasteiger partial charge is 0.207 e. The van der Waals surface area contributed by atoms with Crippen molar-refractivity contribution < 1.29 is 9.59 Å². The van der Waals surface area contributed by atoms with Crippen LogP contribution in [0.2, 0.25) is 0 Å². The average molecular weight is 192 g/mol. The number of rotatable bonds is 6. The lowest BCUT2D eigenvalue weighted by molar-refractivity contribution is -0.115. The van der Waals surface area contributed by atoms with Gasteiger partial charge < -0.3 is 10.1 Å². The Labute approximate surface area is 82.3 Å². The van der Waals surface area contributed by atoms with Crippen molar-refractivity contribution in [2.24, 2.45) is 0 Å². The number of aldehydes is 1. The summed E-state index contributed by atoms with van der Waals surface area (Å²) >= 11 is 0. The molecule has 0 aliphatic rings. The SMILES string of the molecule is O=CNC(C=O)CCc1cccnc1. The molecule has 0 saturated heterocycles. The summed E-state index contributed by atoms with van der Waals surface area (Å²) in [6, 6.07) is 3.39. The number of amides is 1. The first-order valence-corrected chi connectivity index (χ1v) is 4.40. The van der Waals surface area contributed by atoms with Gasteiger partial charge in [-0.2, -0.15) is 0 Å². The van der Waals surface area contributed by atoms with E-state index in [2.05, 4.69) is 10.3 Å². The zero-order chi connectivity index (χ0) is 10.2. The van der Waals surface area contributed by atoms with E-state index in [9.17, 15) is 9.59 Å². The van der Waals surface area contributed by atoms with Crippen LogP contribution in [0.15, 0.2) is 24.5 Å². The fourth-order valence-corrected chi connectivity index (χ4v) is 1.15. The molecule has 1 amide bonds. The van der Waals surface area contributed by atoms with Gasteiger partial charge in [0, 0.05) is 12.4 Å². The maximum Gasteiger partial charge on any atom is 0.207 e. The van der Waals surface area contributed by atoms with Gasteiger partial charge in [-0.05, 0) is 24.5 Å². The number of aromatic nitrogens is 1. The van der Waals surface area contributed by atoms with Crippen molar-refractivity contribution in [1.82, 2.24) is 10.3 Å². The molecule has 0 bridgehead atoms. The Morgan fingerprint density at radius 3 is 2.93 bits per heavy atom. The summed E-state index contributed by atoms with van der Waals surface area (Å²) in [4.78, 5) is 24.5. The zero-order valence-electron chi connectivity index (χ0n) is 7.72. The molecule has 4 nitrogen and oxygen atoms in total. The highest BCUT2D eigenvalue weighted by Crippen LogP contribution is 2.01. The predicted octanol–water partition coefficient (Wildman–Crippen LogP) is 0.328. The Morgan fingerprint density at radius 1 is 1.50 bits per heavy atom. The van der Waals surface area contributed by atoms with Gasteiger partial charge in [0.05, 0.1) is 6.04 Å². The van der Waals surface area contributed by atoms with Crippen molar-refractivity contribution in [3.63, 3.8) is 0 Å². The highest BCUT2D eigenvalue weighted by atomic mass is 16.1. The Kier molecular flexibility index (Phi) is 4.34. The van der Waals surface area contributed by atoms with Crippen LogP contribution in [0.4, 0.5) is 0 Å². The first-order chi connectivity index (χ1) is 6.86. The molecule has 1 rings (SSSR count). The summed E-state index contributed by atoms with van der Waals surface area (Å²) in [5.74, 6) is 0.